The number of fused-ring (bicyclic) bond motifs is 1. The first-order chi connectivity index (χ1) is 19.8. The second kappa shape index (κ2) is 12.3. The van der Waals surface area contributed by atoms with E-state index in [0.717, 1.165) is 53.3 Å². The van der Waals surface area contributed by atoms with Crippen LogP contribution in [0.4, 0.5) is 10.1 Å². The van der Waals surface area contributed by atoms with Gasteiger partial charge in [0.15, 0.2) is 0 Å². The number of nitrogens with one attached hydrogen (secondary N) is 1. The van der Waals surface area contributed by atoms with E-state index < -0.39 is 11.9 Å². The predicted octanol–water partition coefficient (Wildman–Crippen LogP) is 7.21. The van der Waals surface area contributed by atoms with Crippen molar-refractivity contribution in [1.82, 2.24) is 4.98 Å². The Morgan fingerprint density at radius 3 is 2.39 bits per heavy atom. The molecule has 4 aromatic rings. The smallest absolute Gasteiger partial charge is 0.310 e. The molecule has 1 heterocycles. The maximum Gasteiger partial charge on any atom is 0.310 e. The van der Waals surface area contributed by atoms with Gasteiger partial charge < -0.3 is 10.4 Å². The number of pyridine rings is 1. The molecule has 7 heteroatoms. The van der Waals surface area contributed by atoms with Crippen molar-refractivity contribution in [2.24, 2.45) is 11.8 Å². The van der Waals surface area contributed by atoms with Crippen molar-refractivity contribution in [2.75, 3.05) is 5.32 Å². The maximum absolute atomic E-state index is 14.1. The first kappa shape index (κ1) is 28.0. The number of hydrogen-bond donors (Lipinski definition) is 2. The quantitative estimate of drug-likeness (QED) is 0.242. The van der Waals surface area contributed by atoms with E-state index in [0.29, 0.717) is 17.7 Å². The van der Waals surface area contributed by atoms with Crippen LogP contribution in [0.25, 0.3) is 10.9 Å². The van der Waals surface area contributed by atoms with Gasteiger partial charge in [-0.05, 0) is 116 Å². The lowest BCUT2D eigenvalue weighted by Gasteiger charge is -2.34. The molecule has 2 N–H and O–H groups in total. The van der Waals surface area contributed by atoms with Crippen molar-refractivity contribution in [3.8, 4) is 6.07 Å². The number of nitrogens with zero attached hydrogens (tertiary/aromatic N) is 2. The lowest BCUT2D eigenvalue weighted by Crippen LogP contribution is -2.33. The Kier molecular flexibility index (Phi) is 8.39. The van der Waals surface area contributed by atoms with Gasteiger partial charge in [-0.25, -0.2) is 4.39 Å². The Hall–Kier alpha value is -4.57. The van der Waals surface area contributed by atoms with Crippen LogP contribution in [0.3, 0.4) is 0 Å². The van der Waals surface area contributed by atoms with E-state index in [4.69, 9.17) is 5.26 Å². The van der Waals surface area contributed by atoms with Crippen LogP contribution >= 0.6 is 0 Å². The second-order valence-corrected chi connectivity index (χ2v) is 11.0. The predicted molar refractivity (Wildman–Crippen MR) is 156 cm³/mol. The summed E-state index contributed by atoms with van der Waals surface area (Å²) in [5, 5.41) is 22.4. The van der Waals surface area contributed by atoms with Gasteiger partial charge in [-0.2, -0.15) is 5.26 Å². The lowest BCUT2D eigenvalue weighted by atomic mass is 9.71. The maximum atomic E-state index is 14.1. The fourth-order valence-electron chi connectivity index (χ4n) is 6.00. The molecule has 5 rings (SSSR count). The molecular formula is C34H32FN3O3. The molecule has 0 saturated heterocycles. The fraction of sp³-hybridized carbons (Fsp3) is 0.294. The van der Waals surface area contributed by atoms with Gasteiger partial charge in [0.2, 0.25) is 5.91 Å². The van der Waals surface area contributed by atoms with E-state index in [2.05, 4.69) is 16.4 Å². The van der Waals surface area contributed by atoms with Crippen LogP contribution in [0.1, 0.15) is 66.7 Å². The molecule has 208 valence electrons. The fourth-order valence-corrected chi connectivity index (χ4v) is 6.00. The zero-order valence-electron chi connectivity index (χ0n) is 22.9. The molecule has 1 amide bonds. The number of halogens is 1. The standard InChI is InChI=1S/C34H32FN3O3/c1-21(34(40)41)24-6-2-22(3-7-24)18-30(33(39)38-28-13-4-23(20-36)5-14-28)26-10-8-25(9-11-26)29-16-17-37-32-15-12-27(35)19-31(29)32/h2-7,12-17,19,21,25-26,30H,8-11,18H2,1H3,(H,38,39)(H,40,41)/t21?,25-,26+,30?. The highest BCUT2D eigenvalue weighted by Gasteiger charge is 2.33. The minimum Gasteiger partial charge on any atom is -0.481 e. The molecule has 3 aromatic carbocycles. The van der Waals surface area contributed by atoms with Gasteiger partial charge in [0.05, 0.1) is 23.1 Å². The van der Waals surface area contributed by atoms with E-state index in [1.165, 1.54) is 6.07 Å². The van der Waals surface area contributed by atoms with Crippen LogP contribution in [0.5, 0.6) is 0 Å². The average molecular weight is 550 g/mol. The number of hydrogen-bond acceptors (Lipinski definition) is 4. The molecule has 1 fully saturated rings. The first-order valence-corrected chi connectivity index (χ1v) is 14.0. The number of carbonyl (C=O) groups is 2. The molecule has 0 radical (unpaired) electrons. The van der Waals surface area contributed by atoms with Gasteiger partial charge >= 0.3 is 5.97 Å². The highest BCUT2D eigenvalue weighted by Crippen LogP contribution is 2.42. The van der Waals surface area contributed by atoms with Gasteiger partial charge in [-0.1, -0.05) is 24.3 Å². The van der Waals surface area contributed by atoms with E-state index in [1.807, 2.05) is 30.3 Å². The highest BCUT2D eigenvalue weighted by molar-refractivity contribution is 5.93. The minimum atomic E-state index is -0.876. The molecule has 2 atom stereocenters. The number of carbonyl (C=O) groups excluding carboxylic acids is 1. The van der Waals surface area contributed by atoms with E-state index in [-0.39, 0.29) is 29.5 Å². The Balaban J connectivity index is 1.35. The number of aromatic nitrogens is 1. The van der Waals surface area contributed by atoms with Crippen LogP contribution in [-0.2, 0) is 16.0 Å². The Morgan fingerprint density at radius 2 is 1.73 bits per heavy atom. The highest BCUT2D eigenvalue weighted by atomic mass is 19.1. The van der Waals surface area contributed by atoms with Crippen molar-refractivity contribution < 1.29 is 19.1 Å². The zero-order valence-corrected chi connectivity index (χ0v) is 22.9. The number of amides is 1. The number of aliphatic carboxylic acids is 1. The molecule has 0 aliphatic heterocycles. The summed E-state index contributed by atoms with van der Waals surface area (Å²) in [6, 6.07) is 23.1. The van der Waals surface area contributed by atoms with Crippen LogP contribution in [0.2, 0.25) is 0 Å². The molecule has 0 bridgehead atoms. The van der Waals surface area contributed by atoms with Gasteiger partial charge in [0, 0.05) is 23.2 Å². The van der Waals surface area contributed by atoms with Gasteiger partial charge in [0.25, 0.3) is 0 Å². The lowest BCUT2D eigenvalue weighted by molar-refractivity contribution is -0.138. The molecule has 1 aliphatic rings. The van der Waals surface area contributed by atoms with Crippen LogP contribution in [-0.4, -0.2) is 22.0 Å². The topological polar surface area (TPSA) is 103 Å². The average Bonchev–Trinajstić information content (AvgIpc) is 3.00. The number of benzene rings is 3. The number of carboxylic acids is 1. The van der Waals surface area contributed by atoms with Crippen LogP contribution in [0, 0.1) is 29.0 Å². The summed E-state index contributed by atoms with van der Waals surface area (Å²) in [5.74, 6) is -1.71. The largest absolute Gasteiger partial charge is 0.481 e. The number of nitriles is 1. The molecular weight excluding hydrogens is 517 g/mol. The summed E-state index contributed by atoms with van der Waals surface area (Å²) in [5.41, 5.74) is 4.76. The van der Waals surface area contributed by atoms with Crippen molar-refractivity contribution in [1.29, 1.82) is 5.26 Å². The zero-order chi connectivity index (χ0) is 28.9. The first-order valence-electron chi connectivity index (χ1n) is 14.0. The summed E-state index contributed by atoms with van der Waals surface area (Å²) >= 11 is 0. The molecule has 1 aromatic heterocycles. The summed E-state index contributed by atoms with van der Waals surface area (Å²) in [6.45, 7) is 1.66. The Morgan fingerprint density at radius 1 is 1.02 bits per heavy atom. The molecule has 41 heavy (non-hydrogen) atoms. The van der Waals surface area contributed by atoms with E-state index >= 15 is 0 Å². The van der Waals surface area contributed by atoms with Gasteiger partial charge in [0.1, 0.15) is 5.82 Å². The third-order valence-electron chi connectivity index (χ3n) is 8.44. The number of carboxylic acid groups (broad SMARTS) is 1. The van der Waals surface area contributed by atoms with Crippen molar-refractivity contribution >= 4 is 28.5 Å². The normalized spacial score (nSPS) is 18.3. The third-order valence-corrected chi connectivity index (χ3v) is 8.44. The van der Waals surface area contributed by atoms with Crippen molar-refractivity contribution in [3.05, 3.63) is 107 Å². The Labute approximate surface area is 238 Å². The summed E-state index contributed by atoms with van der Waals surface area (Å²) in [6.07, 6.45) is 5.78. The molecule has 1 saturated carbocycles. The van der Waals surface area contributed by atoms with E-state index in [1.54, 1.807) is 49.5 Å². The molecule has 6 nitrogen and oxygen atoms in total. The molecule has 0 spiro atoms. The van der Waals surface area contributed by atoms with E-state index in [9.17, 15) is 19.1 Å². The van der Waals surface area contributed by atoms with Crippen LogP contribution < -0.4 is 5.32 Å². The van der Waals surface area contributed by atoms with Gasteiger partial charge in [-0.3, -0.25) is 14.6 Å². The molecule has 1 aliphatic carbocycles. The Bertz CT molecular complexity index is 1590. The monoisotopic (exact) mass is 549 g/mol. The summed E-state index contributed by atoms with van der Waals surface area (Å²) < 4.78 is 14.1. The van der Waals surface area contributed by atoms with Gasteiger partial charge in [-0.15, -0.1) is 0 Å². The number of anilines is 1. The second-order valence-electron chi connectivity index (χ2n) is 11.0. The third kappa shape index (κ3) is 6.44. The minimum absolute atomic E-state index is 0.0717. The number of rotatable bonds is 8. The SMILES string of the molecule is CC(C(=O)O)c1ccc(CC(C(=O)Nc2ccc(C#N)cc2)[C@H]2CC[C@@H](c3ccnc4ccc(F)cc43)CC2)cc1. The summed E-state index contributed by atoms with van der Waals surface area (Å²) in [7, 11) is 0. The van der Waals surface area contributed by atoms with Crippen molar-refractivity contribution in [2.45, 2.75) is 50.9 Å². The molecule has 2 unspecified atom stereocenters. The van der Waals surface area contributed by atoms with Crippen molar-refractivity contribution in [3.63, 3.8) is 0 Å². The van der Waals surface area contributed by atoms with Crippen LogP contribution in [0.15, 0.2) is 79.0 Å². The summed E-state index contributed by atoms with van der Waals surface area (Å²) in [4.78, 5) is 29.5.